The van der Waals surface area contributed by atoms with Gasteiger partial charge in [0, 0.05) is 17.9 Å². The molecule has 1 fully saturated rings. The van der Waals surface area contributed by atoms with Gasteiger partial charge in [-0.05, 0) is 23.8 Å². The van der Waals surface area contributed by atoms with Gasteiger partial charge in [-0.2, -0.15) is 0 Å². The van der Waals surface area contributed by atoms with Gasteiger partial charge >= 0.3 is 0 Å². The number of fused-ring (bicyclic) bond motifs is 1. The molecule has 2 heterocycles. The predicted molar refractivity (Wildman–Crippen MR) is 67.6 cm³/mol. The zero-order valence-corrected chi connectivity index (χ0v) is 10.0. The Balaban J connectivity index is 1.67. The van der Waals surface area contributed by atoms with Crippen LogP contribution in [0.1, 0.15) is 5.56 Å². The quantitative estimate of drug-likeness (QED) is 0.730. The highest BCUT2D eigenvalue weighted by Crippen LogP contribution is 2.29. The van der Waals surface area contributed by atoms with Crippen LogP contribution in [-0.4, -0.2) is 37.4 Å². The molecule has 1 aromatic rings. The highest BCUT2D eigenvalue weighted by molar-refractivity contribution is 5.99. The third-order valence-corrected chi connectivity index (χ3v) is 3.55. The van der Waals surface area contributed by atoms with Crippen LogP contribution in [-0.2, 0) is 16.0 Å². The van der Waals surface area contributed by atoms with Crippen molar-refractivity contribution >= 4 is 17.3 Å². The van der Waals surface area contributed by atoms with Gasteiger partial charge in [-0.3, -0.25) is 4.79 Å². The van der Waals surface area contributed by atoms with Crippen LogP contribution in [0.5, 0.6) is 0 Å². The van der Waals surface area contributed by atoms with E-state index < -0.39 is 0 Å². The fourth-order valence-corrected chi connectivity index (χ4v) is 2.27. The Hall–Kier alpha value is -1.59. The highest BCUT2D eigenvalue weighted by atomic mass is 16.5. The lowest BCUT2D eigenvalue weighted by Gasteiger charge is -2.40. The Kier molecular flexibility index (Phi) is 2.72. The molecule has 1 saturated heterocycles. The molecule has 1 amide bonds. The smallest absolute Gasteiger partial charge is 0.228 e. The molecule has 2 aliphatic rings. The van der Waals surface area contributed by atoms with Crippen LogP contribution in [0, 0.1) is 5.41 Å². The average molecular weight is 248 g/mol. The summed E-state index contributed by atoms with van der Waals surface area (Å²) in [6, 6.07) is 5.83. The molecule has 3 N–H and O–H groups in total. The number of aliphatic hydroxyl groups excluding tert-OH is 1. The summed E-state index contributed by atoms with van der Waals surface area (Å²) in [6.07, 6.45) is 0.444. The van der Waals surface area contributed by atoms with Gasteiger partial charge in [0.2, 0.25) is 5.91 Å². The van der Waals surface area contributed by atoms with E-state index in [0.29, 0.717) is 26.2 Å². The third kappa shape index (κ3) is 1.95. The molecule has 96 valence electrons. The number of hydrogen-bond donors (Lipinski definition) is 3. The molecule has 3 rings (SSSR count). The maximum atomic E-state index is 11.2. The Bertz CT molecular complexity index is 478. The lowest BCUT2D eigenvalue weighted by Crippen LogP contribution is -2.50. The second-order valence-electron chi connectivity index (χ2n) is 5.10. The van der Waals surface area contributed by atoms with Crippen molar-refractivity contribution in [1.29, 1.82) is 0 Å². The molecule has 0 atom stereocenters. The minimum Gasteiger partial charge on any atom is -0.396 e. The molecular weight excluding hydrogens is 232 g/mol. The van der Waals surface area contributed by atoms with Crippen molar-refractivity contribution < 1.29 is 14.6 Å². The average Bonchev–Trinajstić information content (AvgIpc) is 2.67. The molecule has 0 spiro atoms. The first-order valence-electron chi connectivity index (χ1n) is 6.06. The molecule has 0 saturated carbocycles. The summed E-state index contributed by atoms with van der Waals surface area (Å²) < 4.78 is 5.15. The first kappa shape index (κ1) is 11.5. The number of benzene rings is 1. The molecular formula is C13H16N2O3. The molecule has 0 aliphatic carbocycles. The van der Waals surface area contributed by atoms with Crippen LogP contribution in [0.25, 0.3) is 0 Å². The third-order valence-electron chi connectivity index (χ3n) is 3.55. The zero-order valence-electron chi connectivity index (χ0n) is 10.0. The minimum atomic E-state index is -0.146. The van der Waals surface area contributed by atoms with Gasteiger partial charge in [-0.1, -0.05) is 0 Å². The van der Waals surface area contributed by atoms with Gasteiger partial charge in [0.1, 0.15) is 0 Å². The number of ether oxygens (including phenoxy) is 1. The second-order valence-corrected chi connectivity index (χ2v) is 5.10. The first-order valence-corrected chi connectivity index (χ1v) is 6.06. The molecule has 5 nitrogen and oxygen atoms in total. The fourth-order valence-electron chi connectivity index (χ4n) is 2.27. The molecule has 2 aliphatic heterocycles. The van der Waals surface area contributed by atoms with E-state index >= 15 is 0 Å². The Morgan fingerprint density at radius 1 is 1.44 bits per heavy atom. The predicted octanol–water partition coefficient (Wildman–Crippen LogP) is 0.602. The number of hydrogen-bond acceptors (Lipinski definition) is 4. The lowest BCUT2D eigenvalue weighted by molar-refractivity contribution is -0.128. The van der Waals surface area contributed by atoms with E-state index in [1.165, 1.54) is 0 Å². The van der Waals surface area contributed by atoms with Crippen LogP contribution in [0.2, 0.25) is 0 Å². The topological polar surface area (TPSA) is 70.6 Å². The Labute approximate surface area is 105 Å². The van der Waals surface area contributed by atoms with E-state index in [2.05, 4.69) is 10.6 Å². The zero-order chi connectivity index (χ0) is 12.6. The van der Waals surface area contributed by atoms with Gasteiger partial charge in [-0.25, -0.2) is 0 Å². The van der Waals surface area contributed by atoms with Crippen molar-refractivity contribution in [3.05, 3.63) is 23.8 Å². The van der Waals surface area contributed by atoms with Crippen molar-refractivity contribution in [2.45, 2.75) is 6.42 Å². The van der Waals surface area contributed by atoms with Gasteiger partial charge < -0.3 is 20.5 Å². The van der Waals surface area contributed by atoms with Crippen LogP contribution in [0.15, 0.2) is 18.2 Å². The second kappa shape index (κ2) is 4.26. The summed E-state index contributed by atoms with van der Waals surface area (Å²) in [5.41, 5.74) is 2.75. The first-order chi connectivity index (χ1) is 8.71. The Morgan fingerprint density at radius 2 is 2.28 bits per heavy atom. The summed E-state index contributed by atoms with van der Waals surface area (Å²) in [6.45, 7) is 2.01. The largest absolute Gasteiger partial charge is 0.396 e. The number of nitrogens with one attached hydrogen (secondary N) is 2. The molecule has 18 heavy (non-hydrogen) atoms. The molecule has 0 aromatic heterocycles. The number of carbonyl (C=O) groups is 1. The van der Waals surface area contributed by atoms with Crippen LogP contribution in [0.3, 0.4) is 0 Å². The van der Waals surface area contributed by atoms with E-state index in [4.69, 9.17) is 4.74 Å². The summed E-state index contributed by atoms with van der Waals surface area (Å²) in [7, 11) is 0. The SMILES string of the molecule is O=C1Cc2cc(NCC3(CO)COC3)ccc2N1. The monoisotopic (exact) mass is 248 g/mol. The van der Waals surface area contributed by atoms with Gasteiger partial charge in [0.15, 0.2) is 0 Å². The standard InChI is InChI=1S/C13H16N2O3/c16-6-13(7-18-8-13)5-14-10-1-2-11-9(3-10)4-12(17)15-11/h1-3,14,16H,4-8H2,(H,15,17). The van der Waals surface area contributed by atoms with Crippen LogP contribution < -0.4 is 10.6 Å². The summed E-state index contributed by atoms with van der Waals surface area (Å²) in [5, 5.41) is 15.4. The summed E-state index contributed by atoms with van der Waals surface area (Å²) >= 11 is 0. The van der Waals surface area contributed by atoms with Gasteiger partial charge in [-0.15, -0.1) is 0 Å². The maximum Gasteiger partial charge on any atom is 0.228 e. The van der Waals surface area contributed by atoms with Crippen LogP contribution >= 0.6 is 0 Å². The highest BCUT2D eigenvalue weighted by Gasteiger charge is 2.37. The maximum absolute atomic E-state index is 11.2. The summed E-state index contributed by atoms with van der Waals surface area (Å²) in [5.74, 6) is 0.0429. The van der Waals surface area contributed by atoms with E-state index in [-0.39, 0.29) is 17.9 Å². The van der Waals surface area contributed by atoms with Crippen molar-refractivity contribution in [1.82, 2.24) is 0 Å². The number of amides is 1. The normalized spacial score (nSPS) is 19.9. The van der Waals surface area contributed by atoms with Gasteiger partial charge in [0.25, 0.3) is 0 Å². The Morgan fingerprint density at radius 3 is 2.94 bits per heavy atom. The van der Waals surface area contributed by atoms with E-state index in [9.17, 15) is 9.90 Å². The summed E-state index contributed by atoms with van der Waals surface area (Å²) in [4.78, 5) is 11.2. The number of anilines is 2. The molecule has 1 aromatic carbocycles. The van der Waals surface area contributed by atoms with Crippen molar-refractivity contribution in [3.8, 4) is 0 Å². The lowest BCUT2D eigenvalue weighted by atomic mass is 9.87. The number of rotatable bonds is 4. The van der Waals surface area contributed by atoms with E-state index in [0.717, 1.165) is 16.9 Å². The minimum absolute atomic E-state index is 0.0429. The van der Waals surface area contributed by atoms with Crippen LogP contribution in [0.4, 0.5) is 11.4 Å². The number of aliphatic hydroxyl groups is 1. The molecule has 0 bridgehead atoms. The molecule has 5 heteroatoms. The number of carbonyl (C=O) groups excluding carboxylic acids is 1. The van der Waals surface area contributed by atoms with Crippen molar-refractivity contribution in [3.63, 3.8) is 0 Å². The van der Waals surface area contributed by atoms with E-state index in [1.54, 1.807) is 0 Å². The van der Waals surface area contributed by atoms with Crippen molar-refractivity contribution in [2.24, 2.45) is 5.41 Å². The van der Waals surface area contributed by atoms with Crippen molar-refractivity contribution in [2.75, 3.05) is 37.0 Å². The van der Waals surface area contributed by atoms with Gasteiger partial charge in [0.05, 0.1) is 31.7 Å². The molecule has 0 unspecified atom stereocenters. The van der Waals surface area contributed by atoms with E-state index in [1.807, 2.05) is 18.2 Å². The fraction of sp³-hybridized carbons (Fsp3) is 0.462. The molecule has 0 radical (unpaired) electrons.